The Bertz CT molecular complexity index is 568. The molecule has 2 rings (SSSR count). The number of hydrogen-bond acceptors (Lipinski definition) is 4. The van der Waals surface area contributed by atoms with Crippen LogP contribution < -0.4 is 9.75 Å². The smallest absolute Gasteiger partial charge is 0.161 e. The number of aromatic hydroxyl groups is 1. The molecule has 4 nitrogen and oxygen atoms in total. The predicted molar refractivity (Wildman–Crippen MR) is 77.1 cm³/mol. The molecule has 2 aromatic carbocycles. The molecule has 0 unspecified atom stereocenters. The minimum atomic E-state index is 0.121. The summed E-state index contributed by atoms with van der Waals surface area (Å²) >= 11 is 0. The number of phenols is 1. The van der Waals surface area contributed by atoms with Gasteiger partial charge in [0.05, 0.1) is 19.0 Å². The Morgan fingerprint density at radius 1 is 1.16 bits per heavy atom. The fraction of sp³-hybridized carbons (Fsp3) is 0.133. The van der Waals surface area contributed by atoms with E-state index in [2.05, 4.69) is 5.10 Å². The molecule has 0 spiro atoms. The fourth-order valence-electron chi connectivity index (χ4n) is 1.64. The van der Waals surface area contributed by atoms with Crippen LogP contribution in [0.4, 0.5) is 5.69 Å². The number of benzene rings is 2. The Morgan fingerprint density at radius 3 is 2.58 bits per heavy atom. The highest BCUT2D eigenvalue weighted by atomic mass is 16.5. The second-order valence-electron chi connectivity index (χ2n) is 4.04. The number of nitrogens with zero attached hydrogens (tertiary/aromatic N) is 2. The second-order valence-corrected chi connectivity index (χ2v) is 4.04. The van der Waals surface area contributed by atoms with Crippen LogP contribution in [0.25, 0.3) is 0 Å². The van der Waals surface area contributed by atoms with Crippen molar-refractivity contribution < 1.29 is 9.84 Å². The van der Waals surface area contributed by atoms with E-state index in [0.29, 0.717) is 5.75 Å². The first-order chi connectivity index (χ1) is 9.20. The molecule has 0 saturated carbocycles. The van der Waals surface area contributed by atoms with Crippen LogP contribution in [0.5, 0.6) is 11.5 Å². The molecule has 98 valence electrons. The second kappa shape index (κ2) is 5.91. The summed E-state index contributed by atoms with van der Waals surface area (Å²) in [4.78, 5) is 0. The Balaban J connectivity index is 2.14. The van der Waals surface area contributed by atoms with Crippen molar-refractivity contribution in [1.82, 2.24) is 0 Å². The lowest BCUT2D eigenvalue weighted by molar-refractivity contribution is 0.373. The predicted octanol–water partition coefficient (Wildman–Crippen LogP) is 2.87. The number of phenolic OH excluding ortho intramolecular Hbond substituents is 1. The largest absolute Gasteiger partial charge is 0.504 e. The summed E-state index contributed by atoms with van der Waals surface area (Å²) in [6.45, 7) is 0. The van der Waals surface area contributed by atoms with E-state index in [1.807, 2.05) is 37.4 Å². The van der Waals surface area contributed by atoms with Gasteiger partial charge in [-0.2, -0.15) is 5.10 Å². The number of hydrazone groups is 1. The van der Waals surface area contributed by atoms with Gasteiger partial charge >= 0.3 is 0 Å². The quantitative estimate of drug-likeness (QED) is 0.675. The highest BCUT2D eigenvalue weighted by Crippen LogP contribution is 2.25. The fourth-order valence-corrected chi connectivity index (χ4v) is 1.64. The SMILES string of the molecule is COc1cc(/C=N/N(C)c2ccccc2)ccc1O. The van der Waals surface area contributed by atoms with Crippen molar-refractivity contribution in [3.63, 3.8) is 0 Å². The Kier molecular flexibility index (Phi) is 4.03. The topological polar surface area (TPSA) is 45.1 Å². The summed E-state index contributed by atoms with van der Waals surface area (Å²) < 4.78 is 5.05. The van der Waals surface area contributed by atoms with Crippen LogP contribution >= 0.6 is 0 Å². The minimum Gasteiger partial charge on any atom is -0.504 e. The number of ether oxygens (including phenoxy) is 1. The van der Waals surface area contributed by atoms with E-state index in [4.69, 9.17) is 4.74 Å². The Labute approximate surface area is 112 Å². The van der Waals surface area contributed by atoms with Gasteiger partial charge in [-0.15, -0.1) is 0 Å². The maximum atomic E-state index is 9.51. The van der Waals surface area contributed by atoms with Gasteiger partial charge in [-0.25, -0.2) is 0 Å². The summed E-state index contributed by atoms with van der Waals surface area (Å²) in [5.41, 5.74) is 1.86. The van der Waals surface area contributed by atoms with Crippen molar-refractivity contribution >= 4 is 11.9 Å². The van der Waals surface area contributed by atoms with Gasteiger partial charge in [0.1, 0.15) is 0 Å². The molecule has 0 atom stereocenters. The van der Waals surface area contributed by atoms with Crippen molar-refractivity contribution in [1.29, 1.82) is 0 Å². The highest BCUT2D eigenvalue weighted by molar-refractivity contribution is 5.81. The zero-order valence-electron chi connectivity index (χ0n) is 10.9. The summed E-state index contributed by atoms with van der Waals surface area (Å²) in [7, 11) is 3.40. The molecule has 0 aliphatic heterocycles. The van der Waals surface area contributed by atoms with Gasteiger partial charge in [-0.05, 0) is 35.9 Å². The Morgan fingerprint density at radius 2 is 1.89 bits per heavy atom. The first-order valence-electron chi connectivity index (χ1n) is 5.90. The molecule has 0 aliphatic rings. The standard InChI is InChI=1S/C15H16N2O2/c1-17(13-6-4-3-5-7-13)16-11-12-8-9-14(18)15(10-12)19-2/h3-11,18H,1-2H3/b16-11+. The maximum absolute atomic E-state index is 9.51. The van der Waals surface area contributed by atoms with Crippen molar-refractivity contribution in [3.8, 4) is 11.5 Å². The van der Waals surface area contributed by atoms with Crippen LogP contribution in [0.3, 0.4) is 0 Å². The van der Waals surface area contributed by atoms with Gasteiger partial charge in [0.2, 0.25) is 0 Å². The maximum Gasteiger partial charge on any atom is 0.161 e. The molecule has 0 radical (unpaired) electrons. The number of hydrogen-bond donors (Lipinski definition) is 1. The molecule has 0 saturated heterocycles. The van der Waals surface area contributed by atoms with Crippen molar-refractivity contribution in [2.75, 3.05) is 19.2 Å². The van der Waals surface area contributed by atoms with Crippen LogP contribution in [0.2, 0.25) is 0 Å². The molecule has 0 fully saturated rings. The molecular weight excluding hydrogens is 240 g/mol. The molecule has 19 heavy (non-hydrogen) atoms. The van der Waals surface area contributed by atoms with E-state index < -0.39 is 0 Å². The summed E-state index contributed by atoms with van der Waals surface area (Å²) in [5.74, 6) is 0.558. The summed E-state index contributed by atoms with van der Waals surface area (Å²) in [6.07, 6.45) is 1.72. The lowest BCUT2D eigenvalue weighted by Crippen LogP contribution is -2.08. The molecule has 0 amide bonds. The first-order valence-corrected chi connectivity index (χ1v) is 5.90. The van der Waals surface area contributed by atoms with Crippen LogP contribution in [-0.2, 0) is 0 Å². The zero-order valence-corrected chi connectivity index (χ0v) is 10.9. The highest BCUT2D eigenvalue weighted by Gasteiger charge is 2.01. The van der Waals surface area contributed by atoms with Gasteiger partial charge in [0.15, 0.2) is 11.5 Å². The molecule has 0 heterocycles. The van der Waals surface area contributed by atoms with Crippen LogP contribution in [-0.4, -0.2) is 25.5 Å². The molecule has 0 aromatic heterocycles. The number of methoxy groups -OCH3 is 1. The van der Waals surface area contributed by atoms with E-state index in [1.165, 1.54) is 7.11 Å². The molecular formula is C15H16N2O2. The number of anilines is 1. The third kappa shape index (κ3) is 3.25. The van der Waals surface area contributed by atoms with Gasteiger partial charge in [0, 0.05) is 7.05 Å². The van der Waals surface area contributed by atoms with Crippen molar-refractivity contribution in [3.05, 3.63) is 54.1 Å². The first kappa shape index (κ1) is 13.0. The zero-order chi connectivity index (χ0) is 13.7. The summed E-state index contributed by atoms with van der Waals surface area (Å²) in [5, 5.41) is 15.6. The molecule has 4 heteroatoms. The normalized spacial score (nSPS) is 10.6. The average molecular weight is 256 g/mol. The number of rotatable bonds is 4. The Hall–Kier alpha value is -2.49. The molecule has 0 aliphatic carbocycles. The van der Waals surface area contributed by atoms with Crippen molar-refractivity contribution in [2.24, 2.45) is 5.10 Å². The lowest BCUT2D eigenvalue weighted by atomic mass is 10.2. The molecule has 2 aromatic rings. The van der Waals surface area contributed by atoms with Crippen LogP contribution in [0.15, 0.2) is 53.6 Å². The third-order valence-corrected chi connectivity index (χ3v) is 2.71. The van der Waals surface area contributed by atoms with Gasteiger partial charge in [-0.3, -0.25) is 5.01 Å². The molecule has 1 N–H and O–H groups in total. The van der Waals surface area contributed by atoms with E-state index in [0.717, 1.165) is 11.3 Å². The van der Waals surface area contributed by atoms with E-state index in [9.17, 15) is 5.11 Å². The third-order valence-electron chi connectivity index (χ3n) is 2.71. The van der Waals surface area contributed by atoms with E-state index >= 15 is 0 Å². The van der Waals surface area contributed by atoms with Crippen LogP contribution in [0.1, 0.15) is 5.56 Å². The minimum absolute atomic E-state index is 0.121. The van der Waals surface area contributed by atoms with Gasteiger partial charge < -0.3 is 9.84 Å². The average Bonchev–Trinajstić information content (AvgIpc) is 2.47. The summed E-state index contributed by atoms with van der Waals surface area (Å²) in [6, 6.07) is 15.0. The van der Waals surface area contributed by atoms with Gasteiger partial charge in [-0.1, -0.05) is 18.2 Å². The van der Waals surface area contributed by atoms with Crippen molar-refractivity contribution in [2.45, 2.75) is 0 Å². The van der Waals surface area contributed by atoms with Gasteiger partial charge in [0.25, 0.3) is 0 Å². The lowest BCUT2D eigenvalue weighted by Gasteiger charge is -2.12. The van der Waals surface area contributed by atoms with Crippen LogP contribution in [0, 0.1) is 0 Å². The monoisotopic (exact) mass is 256 g/mol. The van der Waals surface area contributed by atoms with E-state index in [1.54, 1.807) is 29.4 Å². The van der Waals surface area contributed by atoms with E-state index in [-0.39, 0.29) is 5.75 Å². The number of para-hydroxylation sites is 1. The molecule has 0 bridgehead atoms.